The number of aromatic nitrogens is 2. The number of nitrogens with zero attached hydrogens (tertiary/aromatic N) is 1. The molecule has 0 spiro atoms. The third kappa shape index (κ3) is 3.62. The number of amides is 1. The number of carbonyl (C=O) groups is 1. The highest BCUT2D eigenvalue weighted by molar-refractivity contribution is 7.98. The summed E-state index contributed by atoms with van der Waals surface area (Å²) in [5.74, 6) is 0.859. The average molecular weight is 339 g/mol. The molecule has 0 saturated carbocycles. The van der Waals surface area contributed by atoms with E-state index in [2.05, 4.69) is 21.4 Å². The van der Waals surface area contributed by atoms with Crippen molar-refractivity contribution in [2.75, 3.05) is 12.0 Å². The molecule has 1 amide bonds. The quantitative estimate of drug-likeness (QED) is 0.719. The highest BCUT2D eigenvalue weighted by atomic mass is 32.2. The first-order chi connectivity index (χ1) is 11.7. The largest absolute Gasteiger partial charge is 0.345 e. The lowest BCUT2D eigenvalue weighted by atomic mass is 9.97. The summed E-state index contributed by atoms with van der Waals surface area (Å²) >= 11 is 1.69. The van der Waals surface area contributed by atoms with Gasteiger partial charge in [0.25, 0.3) is 0 Å². The van der Waals surface area contributed by atoms with Crippen LogP contribution in [0.4, 0.5) is 0 Å². The molecule has 0 unspecified atom stereocenters. The van der Waals surface area contributed by atoms with Crippen molar-refractivity contribution in [3.05, 3.63) is 66.0 Å². The Hall–Kier alpha value is -2.27. The lowest BCUT2D eigenvalue weighted by Gasteiger charge is -2.22. The summed E-state index contributed by atoms with van der Waals surface area (Å²) in [5, 5.41) is 3.20. The molecule has 1 heterocycles. The summed E-state index contributed by atoms with van der Waals surface area (Å²) in [5.41, 5.74) is 4.01. The predicted molar refractivity (Wildman–Crippen MR) is 100 cm³/mol. The number of benzene rings is 2. The monoisotopic (exact) mass is 339 g/mol. The van der Waals surface area contributed by atoms with Gasteiger partial charge < -0.3 is 10.3 Å². The van der Waals surface area contributed by atoms with Gasteiger partial charge in [-0.1, -0.05) is 43.3 Å². The highest BCUT2D eigenvalue weighted by Crippen LogP contribution is 2.25. The first-order valence-electron chi connectivity index (χ1n) is 7.96. The second-order valence-electron chi connectivity index (χ2n) is 5.89. The fourth-order valence-corrected chi connectivity index (χ4v) is 3.40. The van der Waals surface area contributed by atoms with Gasteiger partial charge in [-0.15, -0.1) is 0 Å². The standard InChI is InChI=1S/C19H21N3OS/c1-13(11-24-2)19(23)22-18(14-6-4-3-5-7-14)15-8-9-16-17(10-15)21-12-20-16/h3-10,12-13,18H,11H2,1-2H3,(H,20,21)(H,22,23)/t13-,18+/m1/s1. The Morgan fingerprint density at radius 1 is 1.21 bits per heavy atom. The van der Waals surface area contributed by atoms with Crippen LogP contribution < -0.4 is 5.32 Å². The van der Waals surface area contributed by atoms with Crippen LogP contribution in [0.5, 0.6) is 0 Å². The number of aromatic amines is 1. The number of H-pyrrole nitrogens is 1. The van der Waals surface area contributed by atoms with Crippen LogP contribution in [0, 0.1) is 5.92 Å². The van der Waals surface area contributed by atoms with E-state index in [0.717, 1.165) is 27.9 Å². The Morgan fingerprint density at radius 2 is 2.00 bits per heavy atom. The van der Waals surface area contributed by atoms with Crippen LogP contribution >= 0.6 is 11.8 Å². The topological polar surface area (TPSA) is 57.8 Å². The fourth-order valence-electron chi connectivity index (χ4n) is 2.75. The fraction of sp³-hybridized carbons (Fsp3) is 0.263. The molecule has 24 heavy (non-hydrogen) atoms. The summed E-state index contributed by atoms with van der Waals surface area (Å²) in [7, 11) is 0. The van der Waals surface area contributed by atoms with E-state index >= 15 is 0 Å². The minimum absolute atomic E-state index is 0.0258. The molecule has 5 heteroatoms. The van der Waals surface area contributed by atoms with Crippen molar-refractivity contribution in [1.82, 2.24) is 15.3 Å². The number of nitrogens with one attached hydrogen (secondary N) is 2. The molecule has 0 aliphatic carbocycles. The Kier molecular flexibility index (Phi) is 5.20. The Labute approximate surface area is 146 Å². The molecule has 2 aromatic carbocycles. The van der Waals surface area contributed by atoms with Crippen molar-refractivity contribution < 1.29 is 4.79 Å². The molecule has 124 valence electrons. The molecule has 0 aliphatic heterocycles. The van der Waals surface area contributed by atoms with Crippen molar-refractivity contribution in [3.8, 4) is 0 Å². The molecule has 2 atom stereocenters. The molecular formula is C19H21N3OS. The zero-order valence-corrected chi connectivity index (χ0v) is 14.6. The highest BCUT2D eigenvalue weighted by Gasteiger charge is 2.20. The van der Waals surface area contributed by atoms with E-state index in [1.807, 2.05) is 55.6 Å². The first-order valence-corrected chi connectivity index (χ1v) is 9.35. The van der Waals surface area contributed by atoms with E-state index in [0.29, 0.717) is 0 Å². The van der Waals surface area contributed by atoms with Crippen molar-refractivity contribution in [2.24, 2.45) is 5.92 Å². The molecule has 2 N–H and O–H groups in total. The second-order valence-corrected chi connectivity index (χ2v) is 6.80. The van der Waals surface area contributed by atoms with E-state index < -0.39 is 0 Å². The predicted octanol–water partition coefficient (Wildman–Crippen LogP) is 3.77. The third-order valence-corrected chi connectivity index (χ3v) is 4.89. The summed E-state index contributed by atoms with van der Waals surface area (Å²) in [6.45, 7) is 1.96. The summed E-state index contributed by atoms with van der Waals surface area (Å²) < 4.78 is 0. The van der Waals surface area contributed by atoms with Crippen LogP contribution in [-0.2, 0) is 4.79 Å². The molecule has 0 radical (unpaired) electrons. The summed E-state index contributed by atoms with van der Waals surface area (Å²) in [6.07, 6.45) is 3.70. The molecule has 3 rings (SSSR count). The molecule has 0 fully saturated rings. The Bertz CT molecular complexity index is 816. The van der Waals surface area contributed by atoms with Crippen molar-refractivity contribution in [3.63, 3.8) is 0 Å². The SMILES string of the molecule is CSC[C@@H](C)C(=O)N[C@@H](c1ccccc1)c1ccc2nc[nH]c2c1. The number of carbonyl (C=O) groups excluding carboxylic acids is 1. The lowest BCUT2D eigenvalue weighted by molar-refractivity contribution is -0.124. The van der Waals surface area contributed by atoms with Gasteiger partial charge in [-0.2, -0.15) is 11.8 Å². The van der Waals surface area contributed by atoms with E-state index in [9.17, 15) is 4.79 Å². The van der Waals surface area contributed by atoms with Crippen LogP contribution in [0.1, 0.15) is 24.1 Å². The Morgan fingerprint density at radius 3 is 2.75 bits per heavy atom. The van der Waals surface area contributed by atoms with Gasteiger partial charge in [0, 0.05) is 11.7 Å². The lowest BCUT2D eigenvalue weighted by Crippen LogP contribution is -2.34. The van der Waals surface area contributed by atoms with Crippen LogP contribution in [0.2, 0.25) is 0 Å². The van der Waals surface area contributed by atoms with Gasteiger partial charge in [0.05, 0.1) is 23.4 Å². The minimum Gasteiger partial charge on any atom is -0.345 e. The van der Waals surface area contributed by atoms with E-state index in [1.54, 1.807) is 18.1 Å². The zero-order valence-electron chi connectivity index (χ0n) is 13.8. The van der Waals surface area contributed by atoms with Gasteiger partial charge in [-0.3, -0.25) is 4.79 Å². The van der Waals surface area contributed by atoms with Crippen molar-refractivity contribution in [2.45, 2.75) is 13.0 Å². The first kappa shape index (κ1) is 16.6. The number of hydrogen-bond acceptors (Lipinski definition) is 3. The number of rotatable bonds is 6. The van der Waals surface area contributed by atoms with Gasteiger partial charge in [-0.25, -0.2) is 4.98 Å². The van der Waals surface area contributed by atoms with E-state index in [1.165, 1.54) is 0 Å². The van der Waals surface area contributed by atoms with Crippen LogP contribution in [0.3, 0.4) is 0 Å². The van der Waals surface area contributed by atoms with Crippen molar-refractivity contribution in [1.29, 1.82) is 0 Å². The van der Waals surface area contributed by atoms with E-state index in [-0.39, 0.29) is 17.9 Å². The molecule has 0 saturated heterocycles. The van der Waals surface area contributed by atoms with Crippen LogP contribution in [-0.4, -0.2) is 27.9 Å². The molecule has 0 aliphatic rings. The Balaban J connectivity index is 1.94. The van der Waals surface area contributed by atoms with Crippen LogP contribution in [0.15, 0.2) is 54.9 Å². The van der Waals surface area contributed by atoms with Gasteiger partial charge >= 0.3 is 0 Å². The van der Waals surface area contributed by atoms with Crippen molar-refractivity contribution >= 4 is 28.7 Å². The number of fused-ring (bicyclic) bond motifs is 1. The van der Waals surface area contributed by atoms with Gasteiger partial charge in [-0.05, 0) is 29.5 Å². The number of hydrogen-bond donors (Lipinski definition) is 2. The zero-order chi connectivity index (χ0) is 16.9. The maximum Gasteiger partial charge on any atom is 0.224 e. The number of imidazole rings is 1. The average Bonchev–Trinajstić information content (AvgIpc) is 3.08. The summed E-state index contributed by atoms with van der Waals surface area (Å²) in [6, 6.07) is 16.0. The van der Waals surface area contributed by atoms with E-state index in [4.69, 9.17) is 0 Å². The maximum atomic E-state index is 12.6. The van der Waals surface area contributed by atoms with Gasteiger partial charge in [0.15, 0.2) is 0 Å². The normalized spacial score (nSPS) is 13.6. The third-order valence-electron chi connectivity index (χ3n) is 4.06. The molecule has 1 aromatic heterocycles. The minimum atomic E-state index is -0.171. The summed E-state index contributed by atoms with van der Waals surface area (Å²) in [4.78, 5) is 20.0. The molecule has 3 aromatic rings. The number of thioether (sulfide) groups is 1. The smallest absolute Gasteiger partial charge is 0.224 e. The van der Waals surface area contributed by atoms with Gasteiger partial charge in [0.1, 0.15) is 0 Å². The molecule has 0 bridgehead atoms. The maximum absolute atomic E-state index is 12.6. The molecular weight excluding hydrogens is 318 g/mol. The molecule has 4 nitrogen and oxygen atoms in total. The van der Waals surface area contributed by atoms with Crippen LogP contribution in [0.25, 0.3) is 11.0 Å². The second kappa shape index (κ2) is 7.53. The van der Waals surface area contributed by atoms with Gasteiger partial charge in [0.2, 0.25) is 5.91 Å².